The zero-order valence-corrected chi connectivity index (χ0v) is 18.0. The van der Waals surface area contributed by atoms with E-state index < -0.39 is 5.97 Å². The molecule has 7 heteroatoms. The molecule has 2 aromatic heterocycles. The molecule has 0 aliphatic carbocycles. The Morgan fingerprint density at radius 1 is 0.853 bits per heavy atom. The highest BCUT2D eigenvalue weighted by Gasteiger charge is 2.09. The second kappa shape index (κ2) is 9.07. The molecule has 0 bridgehead atoms. The van der Waals surface area contributed by atoms with Crippen LogP contribution in [-0.4, -0.2) is 21.0 Å². The van der Waals surface area contributed by atoms with Crippen molar-refractivity contribution in [2.75, 3.05) is 0 Å². The molecule has 3 aromatic carbocycles. The van der Waals surface area contributed by atoms with Gasteiger partial charge in [0.05, 0.1) is 16.7 Å². The fraction of sp³-hybridized carbons (Fsp3) is 0.0741. The quantitative estimate of drug-likeness (QED) is 0.363. The van der Waals surface area contributed by atoms with Crippen LogP contribution >= 0.6 is 0 Å². The van der Waals surface area contributed by atoms with E-state index in [1.54, 1.807) is 18.2 Å². The van der Waals surface area contributed by atoms with Crippen molar-refractivity contribution in [1.82, 2.24) is 9.97 Å². The zero-order valence-electron chi connectivity index (χ0n) is 18.0. The summed E-state index contributed by atoms with van der Waals surface area (Å²) in [5.41, 5.74) is 2.55. The van der Waals surface area contributed by atoms with E-state index in [-0.39, 0.29) is 17.7 Å². The fourth-order valence-electron chi connectivity index (χ4n) is 3.67. The van der Waals surface area contributed by atoms with E-state index in [2.05, 4.69) is 9.97 Å². The summed E-state index contributed by atoms with van der Waals surface area (Å²) in [6.45, 7) is 0.624. The number of pyridine rings is 2. The van der Waals surface area contributed by atoms with Crippen molar-refractivity contribution < 1.29 is 19.4 Å². The molecule has 168 valence electrons. The summed E-state index contributed by atoms with van der Waals surface area (Å²) in [4.78, 5) is 30.7. The lowest BCUT2D eigenvalue weighted by molar-refractivity contribution is 0.0691. The minimum Gasteiger partial charge on any atom is -0.489 e. The summed E-state index contributed by atoms with van der Waals surface area (Å²) in [6, 6.07) is 25.5. The van der Waals surface area contributed by atoms with Gasteiger partial charge in [0.25, 0.3) is 0 Å². The second-order valence-electron chi connectivity index (χ2n) is 7.78. The van der Waals surface area contributed by atoms with Gasteiger partial charge in [-0.1, -0.05) is 36.4 Å². The number of fused-ring (bicyclic) bond motifs is 2. The van der Waals surface area contributed by atoms with E-state index in [1.807, 2.05) is 60.7 Å². The molecular weight excluding hydrogens is 432 g/mol. The molecule has 0 fully saturated rings. The standard InChI is InChI=1S/C27H20N2O5/c30-26-14-25(27(31)32)29-24-13-21(10-11-22(24)26)33-15-17-4-3-6-20(12-17)34-16-19-9-8-18-5-1-2-7-23(18)28-19/h1-14H,15-16H2,(H,29,30)(H,31,32). The van der Waals surface area contributed by atoms with Gasteiger partial charge in [0.15, 0.2) is 5.43 Å². The predicted octanol–water partition coefficient (Wildman–Crippen LogP) is 4.93. The average molecular weight is 452 g/mol. The van der Waals surface area contributed by atoms with Gasteiger partial charge in [0.1, 0.15) is 30.4 Å². The number of para-hydroxylation sites is 1. The first-order valence-electron chi connectivity index (χ1n) is 10.6. The van der Waals surface area contributed by atoms with Gasteiger partial charge in [0.2, 0.25) is 0 Å². The second-order valence-corrected chi connectivity index (χ2v) is 7.78. The number of nitrogens with zero attached hydrogens (tertiary/aromatic N) is 1. The van der Waals surface area contributed by atoms with E-state index in [0.29, 0.717) is 29.0 Å². The minimum atomic E-state index is -1.19. The number of aromatic nitrogens is 2. The third-order valence-corrected chi connectivity index (χ3v) is 5.38. The number of aromatic amines is 1. The number of ether oxygens (including phenoxy) is 2. The third kappa shape index (κ3) is 4.59. The molecule has 2 heterocycles. The Balaban J connectivity index is 1.27. The molecule has 5 rings (SSSR count). The predicted molar refractivity (Wildman–Crippen MR) is 128 cm³/mol. The number of carbonyl (C=O) groups is 1. The first-order chi connectivity index (χ1) is 16.5. The van der Waals surface area contributed by atoms with Gasteiger partial charge in [-0.15, -0.1) is 0 Å². The summed E-state index contributed by atoms with van der Waals surface area (Å²) in [7, 11) is 0. The first-order valence-corrected chi connectivity index (χ1v) is 10.6. The molecule has 5 aromatic rings. The van der Waals surface area contributed by atoms with Gasteiger partial charge in [-0.25, -0.2) is 9.78 Å². The number of H-pyrrole nitrogens is 1. The van der Waals surface area contributed by atoms with Crippen LogP contribution in [0.4, 0.5) is 0 Å². The maximum atomic E-state index is 12.1. The van der Waals surface area contributed by atoms with E-state index in [4.69, 9.17) is 14.6 Å². The van der Waals surface area contributed by atoms with E-state index in [9.17, 15) is 9.59 Å². The number of nitrogens with one attached hydrogen (secondary N) is 1. The van der Waals surface area contributed by atoms with Crippen LogP contribution in [0, 0.1) is 0 Å². The number of aromatic carboxylic acids is 1. The number of carboxylic acid groups (broad SMARTS) is 1. The van der Waals surface area contributed by atoms with Gasteiger partial charge in [-0.3, -0.25) is 4.79 Å². The monoisotopic (exact) mass is 452 g/mol. The molecule has 0 aliphatic rings. The van der Waals surface area contributed by atoms with Crippen molar-refractivity contribution in [3.63, 3.8) is 0 Å². The average Bonchev–Trinajstić information content (AvgIpc) is 2.86. The third-order valence-electron chi connectivity index (χ3n) is 5.38. The lowest BCUT2D eigenvalue weighted by Crippen LogP contribution is -2.09. The van der Waals surface area contributed by atoms with Crippen molar-refractivity contribution >= 4 is 27.8 Å². The number of hydrogen-bond acceptors (Lipinski definition) is 5. The highest BCUT2D eigenvalue weighted by Crippen LogP contribution is 2.21. The van der Waals surface area contributed by atoms with Gasteiger partial charge in [-0.2, -0.15) is 0 Å². The lowest BCUT2D eigenvalue weighted by atomic mass is 10.2. The number of carboxylic acids is 1. The van der Waals surface area contributed by atoms with Crippen molar-refractivity contribution in [3.05, 3.63) is 112 Å². The molecule has 0 atom stereocenters. The zero-order chi connectivity index (χ0) is 23.5. The van der Waals surface area contributed by atoms with Crippen molar-refractivity contribution in [2.45, 2.75) is 13.2 Å². The summed E-state index contributed by atoms with van der Waals surface area (Å²) < 4.78 is 11.8. The van der Waals surface area contributed by atoms with Crippen LogP contribution in [0.1, 0.15) is 21.7 Å². The summed E-state index contributed by atoms with van der Waals surface area (Å²) in [5, 5.41) is 10.6. The Hall–Kier alpha value is -4.65. The normalized spacial score (nSPS) is 10.9. The van der Waals surface area contributed by atoms with Crippen LogP contribution < -0.4 is 14.9 Å². The Kier molecular flexibility index (Phi) is 5.66. The van der Waals surface area contributed by atoms with Crippen molar-refractivity contribution in [3.8, 4) is 11.5 Å². The van der Waals surface area contributed by atoms with Crippen LogP contribution in [-0.2, 0) is 13.2 Å². The molecule has 0 aliphatic heterocycles. The van der Waals surface area contributed by atoms with E-state index in [0.717, 1.165) is 28.2 Å². The number of benzene rings is 3. The fourth-order valence-corrected chi connectivity index (χ4v) is 3.67. The minimum absolute atomic E-state index is 0.166. The van der Waals surface area contributed by atoms with Crippen LogP contribution in [0.15, 0.2) is 89.7 Å². The molecule has 0 saturated heterocycles. The Morgan fingerprint density at radius 3 is 2.56 bits per heavy atom. The van der Waals surface area contributed by atoms with Gasteiger partial charge in [-0.05, 0) is 42.0 Å². The highest BCUT2D eigenvalue weighted by atomic mass is 16.5. The van der Waals surface area contributed by atoms with Crippen molar-refractivity contribution in [1.29, 1.82) is 0 Å². The Morgan fingerprint density at radius 2 is 1.68 bits per heavy atom. The molecule has 2 N–H and O–H groups in total. The van der Waals surface area contributed by atoms with Crippen LogP contribution in [0.25, 0.3) is 21.8 Å². The summed E-state index contributed by atoms with van der Waals surface area (Å²) in [5.74, 6) is 0.0170. The van der Waals surface area contributed by atoms with Gasteiger partial charge in [0, 0.05) is 22.9 Å². The van der Waals surface area contributed by atoms with Crippen LogP contribution in [0.2, 0.25) is 0 Å². The summed E-state index contributed by atoms with van der Waals surface area (Å²) in [6.07, 6.45) is 0. The smallest absolute Gasteiger partial charge is 0.352 e. The van der Waals surface area contributed by atoms with Crippen molar-refractivity contribution in [2.24, 2.45) is 0 Å². The molecule has 7 nitrogen and oxygen atoms in total. The molecule has 0 amide bonds. The first kappa shape index (κ1) is 21.2. The summed E-state index contributed by atoms with van der Waals surface area (Å²) >= 11 is 0. The SMILES string of the molecule is O=C(O)c1cc(=O)c2ccc(OCc3cccc(OCc4ccc5ccccc5n4)c3)cc2[nH]1. The molecule has 0 saturated carbocycles. The maximum Gasteiger partial charge on any atom is 0.352 e. The Bertz CT molecular complexity index is 1580. The van der Waals surface area contributed by atoms with Crippen LogP contribution in [0.3, 0.4) is 0 Å². The topological polar surface area (TPSA) is 102 Å². The highest BCUT2D eigenvalue weighted by molar-refractivity contribution is 5.90. The molecule has 0 spiro atoms. The maximum absolute atomic E-state index is 12.1. The lowest BCUT2D eigenvalue weighted by Gasteiger charge is -2.10. The van der Waals surface area contributed by atoms with Crippen LogP contribution in [0.5, 0.6) is 11.5 Å². The van der Waals surface area contributed by atoms with E-state index >= 15 is 0 Å². The van der Waals surface area contributed by atoms with Gasteiger partial charge >= 0.3 is 5.97 Å². The van der Waals surface area contributed by atoms with E-state index in [1.165, 1.54) is 0 Å². The molecule has 34 heavy (non-hydrogen) atoms. The number of hydrogen-bond donors (Lipinski definition) is 2. The molecule has 0 radical (unpaired) electrons. The Labute approximate surface area is 194 Å². The largest absolute Gasteiger partial charge is 0.489 e. The van der Waals surface area contributed by atoms with Gasteiger partial charge < -0.3 is 19.6 Å². The number of rotatable bonds is 7. The molecular formula is C27H20N2O5. The molecule has 0 unspecified atom stereocenters.